The number of amides is 1. The van der Waals surface area contributed by atoms with Gasteiger partial charge < -0.3 is 19.9 Å². The minimum absolute atomic E-state index is 0.0610. The van der Waals surface area contributed by atoms with E-state index in [-0.39, 0.29) is 29.9 Å². The van der Waals surface area contributed by atoms with Crippen LogP contribution in [-0.4, -0.2) is 34.3 Å². The number of hydrogen-bond acceptors (Lipinski definition) is 7. The highest BCUT2D eigenvalue weighted by Gasteiger charge is 2.31. The maximum Gasteiger partial charge on any atom is 0.375 e. The van der Waals surface area contributed by atoms with Crippen molar-refractivity contribution < 1.29 is 24.2 Å². The molecule has 136 valence electrons. The number of carbonyl (C=O) groups is 2. The molecule has 1 aromatic heterocycles. The van der Waals surface area contributed by atoms with E-state index in [1.54, 1.807) is 32.9 Å². The Labute approximate surface area is 149 Å². The molecule has 0 fully saturated rings. The van der Waals surface area contributed by atoms with Crippen LogP contribution in [0.3, 0.4) is 0 Å². The van der Waals surface area contributed by atoms with Crippen LogP contribution < -0.4 is 5.32 Å². The lowest BCUT2D eigenvalue weighted by Crippen LogP contribution is -2.36. The number of aromatic nitrogens is 2. The van der Waals surface area contributed by atoms with E-state index in [4.69, 9.17) is 9.47 Å². The molecule has 26 heavy (non-hydrogen) atoms. The van der Waals surface area contributed by atoms with Crippen molar-refractivity contribution in [2.75, 3.05) is 7.11 Å². The van der Waals surface area contributed by atoms with Gasteiger partial charge in [-0.1, -0.05) is 32.9 Å². The molecule has 2 heterocycles. The predicted molar refractivity (Wildman–Crippen MR) is 92.5 cm³/mol. The van der Waals surface area contributed by atoms with Crippen molar-refractivity contribution in [2.45, 2.75) is 27.4 Å². The van der Waals surface area contributed by atoms with Gasteiger partial charge in [0.1, 0.15) is 12.1 Å². The van der Waals surface area contributed by atoms with E-state index in [9.17, 15) is 14.7 Å². The second kappa shape index (κ2) is 6.29. The van der Waals surface area contributed by atoms with E-state index >= 15 is 0 Å². The van der Waals surface area contributed by atoms with Gasteiger partial charge in [0.25, 0.3) is 0 Å². The Morgan fingerprint density at radius 3 is 2.65 bits per heavy atom. The van der Waals surface area contributed by atoms with Crippen LogP contribution in [0.2, 0.25) is 0 Å². The number of rotatable bonds is 2. The van der Waals surface area contributed by atoms with Gasteiger partial charge in [0.05, 0.1) is 12.8 Å². The van der Waals surface area contributed by atoms with Crippen LogP contribution in [0.4, 0.5) is 0 Å². The summed E-state index contributed by atoms with van der Waals surface area (Å²) in [6.07, 6.45) is 0. The van der Waals surface area contributed by atoms with Crippen molar-refractivity contribution in [3.05, 3.63) is 35.1 Å². The molecule has 2 aromatic rings. The molecule has 0 atom stereocenters. The molecule has 1 aromatic carbocycles. The number of benzene rings is 1. The first-order valence-electron chi connectivity index (χ1n) is 7.98. The number of carbonyl (C=O) groups excluding carboxylic acids is 2. The van der Waals surface area contributed by atoms with Gasteiger partial charge >= 0.3 is 5.97 Å². The summed E-state index contributed by atoms with van der Waals surface area (Å²) in [7, 11) is 1.24. The number of methoxy groups -OCH3 is 1. The molecule has 0 unspecified atom stereocenters. The highest BCUT2D eigenvalue weighted by atomic mass is 16.6. The third-order valence-electron chi connectivity index (χ3n) is 4.00. The Kier molecular flexibility index (Phi) is 4.27. The number of ether oxygens (including phenoxy) is 2. The summed E-state index contributed by atoms with van der Waals surface area (Å²) < 4.78 is 10.4. The second-order valence-electron chi connectivity index (χ2n) is 6.92. The number of hydrogen-bond donors (Lipinski definition) is 2. The van der Waals surface area contributed by atoms with Gasteiger partial charge in [-0.3, -0.25) is 4.79 Å². The van der Waals surface area contributed by atoms with Crippen LogP contribution in [-0.2, 0) is 25.7 Å². The van der Waals surface area contributed by atoms with Gasteiger partial charge in [-0.05, 0) is 0 Å². The number of esters is 1. The van der Waals surface area contributed by atoms with Crippen molar-refractivity contribution in [1.29, 1.82) is 0 Å². The fourth-order valence-corrected chi connectivity index (χ4v) is 2.56. The highest BCUT2D eigenvalue weighted by Crippen LogP contribution is 2.34. The average Bonchev–Trinajstić information content (AvgIpc) is 2.59. The third kappa shape index (κ3) is 3.05. The lowest BCUT2D eigenvalue weighted by Gasteiger charge is -2.26. The first-order valence-corrected chi connectivity index (χ1v) is 7.98. The highest BCUT2D eigenvalue weighted by molar-refractivity contribution is 6.02. The van der Waals surface area contributed by atoms with E-state index < -0.39 is 11.4 Å². The van der Waals surface area contributed by atoms with Crippen LogP contribution in [0.5, 0.6) is 5.88 Å². The quantitative estimate of drug-likeness (QED) is 0.789. The lowest BCUT2D eigenvalue weighted by atomic mass is 9.93. The van der Waals surface area contributed by atoms with Gasteiger partial charge in [0.2, 0.25) is 17.5 Å². The number of fused-ring (bicyclic) bond motifs is 3. The van der Waals surface area contributed by atoms with Crippen molar-refractivity contribution in [2.24, 2.45) is 5.41 Å². The maximum absolute atomic E-state index is 12.5. The zero-order chi connectivity index (χ0) is 19.1. The van der Waals surface area contributed by atoms with E-state index in [0.717, 1.165) is 0 Å². The Bertz CT molecular complexity index is 944. The monoisotopic (exact) mass is 357 g/mol. The summed E-state index contributed by atoms with van der Waals surface area (Å²) in [4.78, 5) is 24.6. The van der Waals surface area contributed by atoms with Gasteiger partial charge in [0, 0.05) is 28.0 Å². The molecule has 0 bridgehead atoms. The summed E-state index contributed by atoms with van der Waals surface area (Å²) in [6.45, 7) is 5.35. The predicted octanol–water partition coefficient (Wildman–Crippen LogP) is 1.87. The van der Waals surface area contributed by atoms with Gasteiger partial charge in [-0.2, -0.15) is 0 Å². The Balaban J connectivity index is 2.19. The number of nitrogens with zero attached hydrogens (tertiary/aromatic N) is 2. The SMILES string of the molecule is COC(=O)C1=C(NC(=O)C(C)(C)C)c2ccc3cc(O)nnc3c2CO1. The number of aromatic hydroxyl groups is 1. The molecule has 1 aliphatic rings. The Morgan fingerprint density at radius 1 is 1.27 bits per heavy atom. The summed E-state index contributed by atoms with van der Waals surface area (Å²) in [5, 5.41) is 20.6. The molecule has 8 heteroatoms. The van der Waals surface area contributed by atoms with Crippen LogP contribution in [0, 0.1) is 5.41 Å². The minimum Gasteiger partial charge on any atom is -0.492 e. The summed E-state index contributed by atoms with van der Waals surface area (Å²) >= 11 is 0. The molecule has 0 aliphatic carbocycles. The Hall–Kier alpha value is -3.16. The van der Waals surface area contributed by atoms with Crippen LogP contribution in [0.15, 0.2) is 24.0 Å². The molecule has 0 saturated carbocycles. The van der Waals surface area contributed by atoms with Crippen molar-refractivity contribution in [3.8, 4) is 5.88 Å². The van der Waals surface area contributed by atoms with E-state index in [2.05, 4.69) is 15.5 Å². The molecule has 1 aliphatic heterocycles. The van der Waals surface area contributed by atoms with Gasteiger partial charge in [0.15, 0.2) is 0 Å². The van der Waals surface area contributed by atoms with E-state index in [1.807, 2.05) is 0 Å². The third-order valence-corrected chi connectivity index (χ3v) is 4.00. The molecule has 1 amide bonds. The standard InChI is InChI=1S/C18H19N3O5/c1-18(2,3)17(24)19-14-10-6-5-9-7-12(22)20-21-13(9)11(10)8-26-15(14)16(23)25-4/h5-7H,8H2,1-4H3,(H,19,24)(H,20,22). The van der Waals surface area contributed by atoms with E-state index in [1.165, 1.54) is 13.2 Å². The van der Waals surface area contributed by atoms with Crippen molar-refractivity contribution in [1.82, 2.24) is 15.5 Å². The zero-order valence-corrected chi connectivity index (χ0v) is 14.9. The van der Waals surface area contributed by atoms with Crippen LogP contribution >= 0.6 is 0 Å². The molecule has 8 nitrogen and oxygen atoms in total. The number of nitrogens with one attached hydrogen (secondary N) is 1. The lowest BCUT2D eigenvalue weighted by molar-refractivity contribution is -0.140. The minimum atomic E-state index is -0.684. The van der Waals surface area contributed by atoms with Crippen LogP contribution in [0.1, 0.15) is 31.9 Å². The van der Waals surface area contributed by atoms with E-state index in [0.29, 0.717) is 22.0 Å². The smallest absolute Gasteiger partial charge is 0.375 e. The van der Waals surface area contributed by atoms with Crippen LogP contribution in [0.25, 0.3) is 16.6 Å². The molecular formula is C18H19N3O5. The fraction of sp³-hybridized carbons (Fsp3) is 0.333. The van der Waals surface area contributed by atoms with Crippen molar-refractivity contribution in [3.63, 3.8) is 0 Å². The van der Waals surface area contributed by atoms with Crippen molar-refractivity contribution >= 4 is 28.5 Å². The zero-order valence-electron chi connectivity index (χ0n) is 14.9. The fourth-order valence-electron chi connectivity index (χ4n) is 2.56. The summed E-state index contributed by atoms with van der Waals surface area (Å²) in [5.74, 6) is -1.22. The maximum atomic E-state index is 12.5. The van der Waals surface area contributed by atoms with Gasteiger partial charge in [-0.25, -0.2) is 4.79 Å². The molecule has 2 N–H and O–H groups in total. The largest absolute Gasteiger partial charge is 0.492 e. The topological polar surface area (TPSA) is 111 Å². The summed E-state index contributed by atoms with van der Waals surface area (Å²) in [5.41, 5.74) is 1.34. The molecule has 0 saturated heterocycles. The first kappa shape index (κ1) is 17.7. The summed E-state index contributed by atoms with van der Waals surface area (Å²) in [6, 6.07) is 4.95. The molecule has 3 rings (SSSR count). The first-order chi connectivity index (χ1) is 12.2. The molecule has 0 radical (unpaired) electrons. The van der Waals surface area contributed by atoms with Gasteiger partial charge in [-0.15, -0.1) is 10.2 Å². The second-order valence-corrected chi connectivity index (χ2v) is 6.92. The molecule has 0 spiro atoms. The normalized spacial score (nSPS) is 13.8. The Morgan fingerprint density at radius 2 is 2.00 bits per heavy atom. The average molecular weight is 357 g/mol. The molecular weight excluding hydrogens is 338 g/mol.